The first-order valence-corrected chi connectivity index (χ1v) is 8.25. The summed E-state index contributed by atoms with van der Waals surface area (Å²) >= 11 is 6.39. The highest BCUT2D eigenvalue weighted by Crippen LogP contribution is 2.31. The first kappa shape index (κ1) is 16.5. The maximum atomic E-state index is 6.39. The molecule has 1 N–H and O–H groups in total. The van der Waals surface area contributed by atoms with Gasteiger partial charge in [0, 0.05) is 7.11 Å². The summed E-state index contributed by atoms with van der Waals surface area (Å²) in [7, 11) is 1.71. The number of rotatable bonds is 8. The lowest BCUT2D eigenvalue weighted by Crippen LogP contribution is -2.25. The predicted molar refractivity (Wildman–Crippen MR) is 86.7 cm³/mol. The van der Waals surface area contributed by atoms with Gasteiger partial charge in [0.2, 0.25) is 0 Å². The van der Waals surface area contributed by atoms with Gasteiger partial charge in [-0.3, -0.25) is 4.68 Å². The van der Waals surface area contributed by atoms with Crippen LogP contribution < -0.4 is 5.32 Å². The first-order valence-electron chi connectivity index (χ1n) is 7.87. The fourth-order valence-corrected chi connectivity index (χ4v) is 3.21. The lowest BCUT2D eigenvalue weighted by molar-refractivity contribution is 0.181. The summed E-state index contributed by atoms with van der Waals surface area (Å²) in [6.07, 6.45) is 10.2. The van der Waals surface area contributed by atoms with E-state index in [-0.39, 0.29) is 6.04 Å². The van der Waals surface area contributed by atoms with Crippen LogP contribution in [0.2, 0.25) is 5.02 Å². The standard InChI is InChI=1S/C16H26ClN3O/c1-3-18-15(11-13-7-5-4-6-8-13)16-14(17)12-19-20(16)9-10-21-2/h7,12,15,18H,3-6,8-11H2,1-2H3. The van der Waals surface area contributed by atoms with E-state index in [9.17, 15) is 0 Å². The molecule has 21 heavy (non-hydrogen) atoms. The number of nitrogens with one attached hydrogen (secondary N) is 1. The fourth-order valence-electron chi connectivity index (χ4n) is 2.94. The Morgan fingerprint density at radius 3 is 3.00 bits per heavy atom. The van der Waals surface area contributed by atoms with Crippen LogP contribution in [0, 0.1) is 0 Å². The second-order valence-electron chi connectivity index (χ2n) is 5.52. The van der Waals surface area contributed by atoms with E-state index >= 15 is 0 Å². The molecule has 2 rings (SSSR count). The quantitative estimate of drug-likeness (QED) is 0.744. The van der Waals surface area contributed by atoms with Crippen LogP contribution in [0.4, 0.5) is 0 Å². The van der Waals surface area contributed by atoms with Crippen LogP contribution in [0.3, 0.4) is 0 Å². The third-order valence-electron chi connectivity index (χ3n) is 3.97. The summed E-state index contributed by atoms with van der Waals surface area (Å²) in [5.74, 6) is 0. The van der Waals surface area contributed by atoms with Crippen molar-refractivity contribution in [2.75, 3.05) is 20.3 Å². The van der Waals surface area contributed by atoms with Crippen molar-refractivity contribution in [3.8, 4) is 0 Å². The monoisotopic (exact) mass is 311 g/mol. The maximum Gasteiger partial charge on any atom is 0.0834 e. The SMILES string of the molecule is CCNC(CC1=CCCCC1)c1c(Cl)cnn1CCOC. The zero-order valence-electron chi connectivity index (χ0n) is 13.1. The Hall–Kier alpha value is -0.840. The summed E-state index contributed by atoms with van der Waals surface area (Å²) < 4.78 is 7.14. The molecule has 1 aliphatic carbocycles. The molecule has 1 atom stereocenters. The second kappa shape index (κ2) is 8.57. The van der Waals surface area contributed by atoms with E-state index in [4.69, 9.17) is 16.3 Å². The van der Waals surface area contributed by atoms with Crippen LogP contribution in [0.5, 0.6) is 0 Å². The topological polar surface area (TPSA) is 39.1 Å². The number of methoxy groups -OCH3 is 1. The number of allylic oxidation sites excluding steroid dienone is 1. The highest BCUT2D eigenvalue weighted by atomic mass is 35.5. The second-order valence-corrected chi connectivity index (χ2v) is 5.92. The zero-order valence-corrected chi connectivity index (χ0v) is 13.8. The molecule has 118 valence electrons. The van der Waals surface area contributed by atoms with Crippen LogP contribution in [-0.2, 0) is 11.3 Å². The average molecular weight is 312 g/mol. The normalized spacial score (nSPS) is 16.8. The van der Waals surface area contributed by atoms with Crippen molar-refractivity contribution in [1.82, 2.24) is 15.1 Å². The van der Waals surface area contributed by atoms with Gasteiger partial charge in [0.15, 0.2) is 0 Å². The zero-order chi connectivity index (χ0) is 15.1. The van der Waals surface area contributed by atoms with Crippen molar-refractivity contribution in [2.45, 2.75) is 51.6 Å². The van der Waals surface area contributed by atoms with Crippen LogP contribution in [0.15, 0.2) is 17.8 Å². The third-order valence-corrected chi connectivity index (χ3v) is 4.26. The molecule has 0 fully saturated rings. The van der Waals surface area contributed by atoms with Gasteiger partial charge in [-0.1, -0.05) is 30.2 Å². The molecular formula is C16H26ClN3O. The van der Waals surface area contributed by atoms with E-state index in [0.717, 1.165) is 30.2 Å². The minimum Gasteiger partial charge on any atom is -0.383 e. The number of hydrogen-bond acceptors (Lipinski definition) is 3. The summed E-state index contributed by atoms with van der Waals surface area (Å²) in [6.45, 7) is 4.43. The average Bonchev–Trinajstić information content (AvgIpc) is 2.86. The van der Waals surface area contributed by atoms with Crippen LogP contribution in [-0.4, -0.2) is 30.0 Å². The van der Waals surface area contributed by atoms with Gasteiger partial charge in [-0.2, -0.15) is 5.10 Å². The Kier molecular flexibility index (Phi) is 6.74. The predicted octanol–water partition coefficient (Wildman–Crippen LogP) is 3.72. The van der Waals surface area contributed by atoms with E-state index < -0.39 is 0 Å². The molecule has 0 bridgehead atoms. The highest BCUT2D eigenvalue weighted by molar-refractivity contribution is 6.31. The molecule has 0 amide bonds. The molecule has 0 aromatic carbocycles. The first-order chi connectivity index (χ1) is 10.3. The van der Waals surface area contributed by atoms with Gasteiger partial charge >= 0.3 is 0 Å². The lowest BCUT2D eigenvalue weighted by Gasteiger charge is -2.23. The van der Waals surface area contributed by atoms with Gasteiger partial charge in [-0.05, 0) is 38.6 Å². The van der Waals surface area contributed by atoms with Crippen LogP contribution in [0.25, 0.3) is 0 Å². The molecule has 1 aromatic rings. The van der Waals surface area contributed by atoms with Crippen molar-refractivity contribution in [2.24, 2.45) is 0 Å². The number of hydrogen-bond donors (Lipinski definition) is 1. The number of ether oxygens (including phenoxy) is 1. The van der Waals surface area contributed by atoms with Gasteiger partial charge in [0.25, 0.3) is 0 Å². The minimum absolute atomic E-state index is 0.228. The minimum atomic E-state index is 0.228. The highest BCUT2D eigenvalue weighted by Gasteiger charge is 2.21. The Morgan fingerprint density at radius 1 is 1.48 bits per heavy atom. The molecule has 1 unspecified atom stereocenters. The van der Waals surface area contributed by atoms with Gasteiger partial charge in [-0.25, -0.2) is 0 Å². The van der Waals surface area contributed by atoms with Crippen molar-refractivity contribution in [3.63, 3.8) is 0 Å². The third kappa shape index (κ3) is 4.56. The molecule has 0 spiro atoms. The number of aromatic nitrogens is 2. The van der Waals surface area contributed by atoms with Crippen molar-refractivity contribution >= 4 is 11.6 Å². The molecule has 5 heteroatoms. The molecule has 0 aliphatic heterocycles. The van der Waals surface area contributed by atoms with E-state index in [1.165, 1.54) is 25.7 Å². The van der Waals surface area contributed by atoms with Gasteiger partial charge in [-0.15, -0.1) is 0 Å². The molecule has 1 aromatic heterocycles. The Bertz CT molecular complexity index is 470. The van der Waals surface area contributed by atoms with Gasteiger partial charge in [0.1, 0.15) is 0 Å². The summed E-state index contributed by atoms with van der Waals surface area (Å²) in [5.41, 5.74) is 2.63. The van der Waals surface area contributed by atoms with Crippen LogP contribution >= 0.6 is 11.6 Å². The number of nitrogens with zero attached hydrogens (tertiary/aromatic N) is 2. The summed E-state index contributed by atoms with van der Waals surface area (Å²) in [6, 6.07) is 0.228. The Morgan fingerprint density at radius 2 is 2.33 bits per heavy atom. The molecule has 0 radical (unpaired) electrons. The summed E-state index contributed by atoms with van der Waals surface area (Å²) in [4.78, 5) is 0. The van der Waals surface area contributed by atoms with Crippen LogP contribution in [0.1, 0.15) is 50.8 Å². The maximum absolute atomic E-state index is 6.39. The molecule has 4 nitrogen and oxygen atoms in total. The number of halogens is 1. The largest absolute Gasteiger partial charge is 0.383 e. The lowest BCUT2D eigenvalue weighted by atomic mass is 9.93. The fraction of sp³-hybridized carbons (Fsp3) is 0.688. The smallest absolute Gasteiger partial charge is 0.0834 e. The molecule has 1 heterocycles. The van der Waals surface area contributed by atoms with E-state index in [2.05, 4.69) is 23.4 Å². The summed E-state index contributed by atoms with van der Waals surface area (Å²) in [5, 5.41) is 8.70. The van der Waals surface area contributed by atoms with Crippen molar-refractivity contribution < 1.29 is 4.74 Å². The molecular weight excluding hydrogens is 286 g/mol. The van der Waals surface area contributed by atoms with E-state index in [1.54, 1.807) is 18.9 Å². The molecule has 0 saturated carbocycles. The Labute approximate surface area is 132 Å². The Balaban J connectivity index is 2.16. The van der Waals surface area contributed by atoms with E-state index in [1.807, 2.05) is 4.68 Å². The van der Waals surface area contributed by atoms with Crippen molar-refractivity contribution in [3.05, 3.63) is 28.6 Å². The molecule has 1 aliphatic rings. The van der Waals surface area contributed by atoms with Gasteiger partial charge < -0.3 is 10.1 Å². The molecule has 0 saturated heterocycles. The van der Waals surface area contributed by atoms with E-state index in [0.29, 0.717) is 6.61 Å². The van der Waals surface area contributed by atoms with Gasteiger partial charge in [0.05, 0.1) is 36.1 Å². The van der Waals surface area contributed by atoms with Crippen molar-refractivity contribution in [1.29, 1.82) is 0 Å².